The van der Waals surface area contributed by atoms with Crippen LogP contribution in [0.1, 0.15) is 44.4 Å². The van der Waals surface area contributed by atoms with Crippen molar-refractivity contribution in [2.24, 2.45) is 7.05 Å². The molecule has 0 atom stereocenters. The highest BCUT2D eigenvalue weighted by molar-refractivity contribution is 5.32. The van der Waals surface area contributed by atoms with Crippen LogP contribution in [0.3, 0.4) is 0 Å². The van der Waals surface area contributed by atoms with Gasteiger partial charge in [-0.05, 0) is 12.3 Å². The van der Waals surface area contributed by atoms with Crippen LogP contribution >= 0.6 is 0 Å². The first kappa shape index (κ1) is 10.1. The minimum atomic E-state index is 0.325. The van der Waals surface area contributed by atoms with Gasteiger partial charge in [0.25, 0.3) is 0 Å². The second kappa shape index (κ2) is 3.81. The summed E-state index contributed by atoms with van der Waals surface area (Å²) >= 11 is 0. The van der Waals surface area contributed by atoms with Crippen molar-refractivity contribution in [3.63, 3.8) is 0 Å². The SMILES string of the molecule is CCCc1c(C(C)C)nn(C)c1O. The van der Waals surface area contributed by atoms with E-state index in [-0.39, 0.29) is 0 Å². The second-order valence-electron chi connectivity index (χ2n) is 3.72. The molecule has 0 saturated heterocycles. The van der Waals surface area contributed by atoms with Gasteiger partial charge in [-0.3, -0.25) is 0 Å². The maximum absolute atomic E-state index is 9.70. The Morgan fingerprint density at radius 3 is 2.54 bits per heavy atom. The Hall–Kier alpha value is -0.990. The summed E-state index contributed by atoms with van der Waals surface area (Å²) in [6, 6.07) is 0. The molecule has 0 aliphatic heterocycles. The fraction of sp³-hybridized carbons (Fsp3) is 0.700. The highest BCUT2D eigenvalue weighted by Crippen LogP contribution is 2.26. The minimum absolute atomic E-state index is 0.325. The lowest BCUT2D eigenvalue weighted by Gasteiger charge is -2.03. The summed E-state index contributed by atoms with van der Waals surface area (Å²) in [6.07, 6.45) is 1.95. The Bertz CT molecular complexity index is 289. The van der Waals surface area contributed by atoms with Gasteiger partial charge in [-0.15, -0.1) is 0 Å². The fourth-order valence-electron chi connectivity index (χ4n) is 1.53. The van der Waals surface area contributed by atoms with Crippen molar-refractivity contribution in [1.29, 1.82) is 0 Å². The molecule has 0 fully saturated rings. The molecule has 0 amide bonds. The van der Waals surface area contributed by atoms with Crippen molar-refractivity contribution in [3.05, 3.63) is 11.3 Å². The van der Waals surface area contributed by atoms with E-state index >= 15 is 0 Å². The molecule has 0 aliphatic rings. The summed E-state index contributed by atoms with van der Waals surface area (Å²) in [7, 11) is 1.78. The van der Waals surface area contributed by atoms with Gasteiger partial charge >= 0.3 is 0 Å². The molecule has 1 aromatic rings. The Morgan fingerprint density at radius 2 is 2.08 bits per heavy atom. The molecule has 0 saturated carbocycles. The number of aryl methyl sites for hydroxylation is 1. The zero-order valence-corrected chi connectivity index (χ0v) is 8.83. The van der Waals surface area contributed by atoms with Gasteiger partial charge in [0.15, 0.2) is 0 Å². The minimum Gasteiger partial charge on any atom is -0.493 e. The van der Waals surface area contributed by atoms with Crippen molar-refractivity contribution >= 4 is 0 Å². The van der Waals surface area contributed by atoms with Crippen LogP contribution in [0.15, 0.2) is 0 Å². The van der Waals surface area contributed by atoms with Gasteiger partial charge in [0, 0.05) is 12.6 Å². The van der Waals surface area contributed by atoms with E-state index in [1.807, 2.05) is 0 Å². The summed E-state index contributed by atoms with van der Waals surface area (Å²) in [5.74, 6) is 0.708. The van der Waals surface area contributed by atoms with Gasteiger partial charge in [0.05, 0.1) is 5.69 Å². The van der Waals surface area contributed by atoms with Crippen molar-refractivity contribution in [1.82, 2.24) is 9.78 Å². The summed E-state index contributed by atoms with van der Waals surface area (Å²) in [5, 5.41) is 14.0. The number of nitrogens with zero attached hydrogens (tertiary/aromatic N) is 2. The van der Waals surface area contributed by atoms with E-state index in [0.29, 0.717) is 11.8 Å². The lowest BCUT2D eigenvalue weighted by Crippen LogP contribution is -1.95. The number of aromatic nitrogens is 2. The maximum Gasteiger partial charge on any atom is 0.212 e. The predicted molar refractivity (Wildman–Crippen MR) is 53.0 cm³/mol. The average Bonchev–Trinajstić information content (AvgIpc) is 2.33. The Kier molecular flexibility index (Phi) is 2.96. The molecule has 3 heteroatoms. The Labute approximate surface area is 79.4 Å². The van der Waals surface area contributed by atoms with E-state index in [1.165, 1.54) is 0 Å². The normalized spacial score (nSPS) is 11.2. The molecule has 74 valence electrons. The molecule has 13 heavy (non-hydrogen) atoms. The van der Waals surface area contributed by atoms with Crippen molar-refractivity contribution in [2.45, 2.75) is 39.5 Å². The molecular weight excluding hydrogens is 164 g/mol. The first-order valence-electron chi connectivity index (χ1n) is 4.82. The van der Waals surface area contributed by atoms with Crippen LogP contribution in [0.2, 0.25) is 0 Å². The first-order valence-corrected chi connectivity index (χ1v) is 4.82. The van der Waals surface area contributed by atoms with E-state index in [4.69, 9.17) is 0 Å². The van der Waals surface area contributed by atoms with E-state index in [9.17, 15) is 5.11 Å². The van der Waals surface area contributed by atoms with Crippen LogP contribution in [0.25, 0.3) is 0 Å². The van der Waals surface area contributed by atoms with Crippen LogP contribution in [0, 0.1) is 0 Å². The van der Waals surface area contributed by atoms with Crippen LogP contribution in [-0.4, -0.2) is 14.9 Å². The van der Waals surface area contributed by atoms with Crippen LogP contribution in [0.4, 0.5) is 0 Å². The number of hydrogen-bond acceptors (Lipinski definition) is 2. The third kappa shape index (κ3) is 1.85. The monoisotopic (exact) mass is 182 g/mol. The van der Waals surface area contributed by atoms with E-state index in [1.54, 1.807) is 11.7 Å². The number of aromatic hydroxyl groups is 1. The van der Waals surface area contributed by atoms with Crippen LogP contribution < -0.4 is 0 Å². The Balaban J connectivity index is 3.11. The van der Waals surface area contributed by atoms with Gasteiger partial charge in [0.1, 0.15) is 0 Å². The summed E-state index contributed by atoms with van der Waals surface area (Å²) in [5.41, 5.74) is 2.04. The largest absolute Gasteiger partial charge is 0.493 e. The average molecular weight is 182 g/mol. The smallest absolute Gasteiger partial charge is 0.212 e. The van der Waals surface area contributed by atoms with Gasteiger partial charge in [-0.2, -0.15) is 5.10 Å². The molecule has 0 spiro atoms. The molecule has 3 nitrogen and oxygen atoms in total. The lowest BCUT2D eigenvalue weighted by atomic mass is 10.0. The quantitative estimate of drug-likeness (QED) is 0.778. The van der Waals surface area contributed by atoms with Gasteiger partial charge in [-0.1, -0.05) is 27.2 Å². The van der Waals surface area contributed by atoms with E-state index in [0.717, 1.165) is 24.1 Å². The zero-order chi connectivity index (χ0) is 10.0. The van der Waals surface area contributed by atoms with Crippen molar-refractivity contribution < 1.29 is 5.11 Å². The molecular formula is C10H18N2O. The predicted octanol–water partition coefficient (Wildman–Crippen LogP) is 2.20. The molecule has 0 unspecified atom stereocenters. The molecule has 1 heterocycles. The first-order chi connectivity index (χ1) is 6.07. The third-order valence-corrected chi connectivity index (χ3v) is 2.19. The zero-order valence-electron chi connectivity index (χ0n) is 8.83. The van der Waals surface area contributed by atoms with Gasteiger partial charge < -0.3 is 5.11 Å². The van der Waals surface area contributed by atoms with Crippen molar-refractivity contribution in [2.75, 3.05) is 0 Å². The summed E-state index contributed by atoms with van der Waals surface area (Å²) in [4.78, 5) is 0. The molecule has 0 radical (unpaired) electrons. The lowest BCUT2D eigenvalue weighted by molar-refractivity contribution is 0.413. The molecule has 0 aromatic carbocycles. The number of hydrogen-bond donors (Lipinski definition) is 1. The molecule has 1 rings (SSSR count). The molecule has 0 bridgehead atoms. The van der Waals surface area contributed by atoms with Crippen molar-refractivity contribution in [3.8, 4) is 5.88 Å². The van der Waals surface area contributed by atoms with E-state index < -0.39 is 0 Å². The van der Waals surface area contributed by atoms with Crippen LogP contribution in [0.5, 0.6) is 5.88 Å². The molecule has 1 aromatic heterocycles. The highest BCUT2D eigenvalue weighted by atomic mass is 16.3. The highest BCUT2D eigenvalue weighted by Gasteiger charge is 2.16. The van der Waals surface area contributed by atoms with E-state index in [2.05, 4.69) is 25.9 Å². The fourth-order valence-corrected chi connectivity index (χ4v) is 1.53. The maximum atomic E-state index is 9.70. The van der Waals surface area contributed by atoms with Crippen LogP contribution in [-0.2, 0) is 13.5 Å². The van der Waals surface area contributed by atoms with Gasteiger partial charge in [-0.25, -0.2) is 4.68 Å². The molecule has 0 aliphatic carbocycles. The molecule has 1 N–H and O–H groups in total. The second-order valence-corrected chi connectivity index (χ2v) is 3.72. The Morgan fingerprint density at radius 1 is 1.46 bits per heavy atom. The summed E-state index contributed by atoms with van der Waals surface area (Å²) in [6.45, 7) is 6.30. The van der Waals surface area contributed by atoms with Gasteiger partial charge in [0.2, 0.25) is 5.88 Å². The standard InChI is InChI=1S/C10H18N2O/c1-5-6-8-9(7(2)3)11-12(4)10(8)13/h7,13H,5-6H2,1-4H3. The third-order valence-electron chi connectivity index (χ3n) is 2.19. The number of rotatable bonds is 3. The topological polar surface area (TPSA) is 38.0 Å². The summed E-state index contributed by atoms with van der Waals surface area (Å²) < 4.78 is 1.56.